The van der Waals surface area contributed by atoms with Gasteiger partial charge in [0, 0.05) is 23.7 Å². The molecule has 2 aromatic heterocycles. The van der Waals surface area contributed by atoms with Crippen LogP contribution in [0.25, 0.3) is 0 Å². The largest absolute Gasteiger partial charge is 0.461 e. The molecule has 0 spiro atoms. The number of ether oxygens (including phenoxy) is 1. The number of nitrogens with one attached hydrogen (secondary N) is 2. The highest BCUT2D eigenvalue weighted by atomic mass is 16.5. The zero-order valence-corrected chi connectivity index (χ0v) is 16.0. The van der Waals surface area contributed by atoms with Gasteiger partial charge >= 0.3 is 5.97 Å². The minimum absolute atomic E-state index is 0.0475. The first-order valence-electron chi connectivity index (χ1n) is 8.98. The molecule has 2 N–H and O–H groups in total. The normalized spacial score (nSPS) is 16.7. The number of nitrogens with zero attached hydrogens (tertiary/aromatic N) is 2. The standard InChI is InChI=1S/C20H24N4O3/c1-5-27-19(26)17-12(2)16-14(22-17)9-20(3,4)10-15(16)23-24-18(25)13-7-6-8-21-11-13/h6-8,11,22H,5,9-10H2,1-4H3,(H,24,25). The van der Waals surface area contributed by atoms with Gasteiger partial charge < -0.3 is 9.72 Å². The van der Waals surface area contributed by atoms with Crippen molar-refractivity contribution in [2.45, 2.75) is 40.5 Å². The van der Waals surface area contributed by atoms with E-state index in [0.717, 1.165) is 29.0 Å². The molecule has 7 nitrogen and oxygen atoms in total. The van der Waals surface area contributed by atoms with Crippen molar-refractivity contribution in [2.75, 3.05) is 6.61 Å². The van der Waals surface area contributed by atoms with Crippen molar-refractivity contribution >= 4 is 17.6 Å². The molecule has 0 atom stereocenters. The van der Waals surface area contributed by atoms with E-state index in [2.05, 4.69) is 34.3 Å². The maximum atomic E-state index is 12.3. The summed E-state index contributed by atoms with van der Waals surface area (Å²) < 4.78 is 5.14. The van der Waals surface area contributed by atoms with Gasteiger partial charge in [-0.15, -0.1) is 0 Å². The van der Waals surface area contributed by atoms with Gasteiger partial charge in [-0.2, -0.15) is 5.10 Å². The van der Waals surface area contributed by atoms with Gasteiger partial charge in [0.1, 0.15) is 5.69 Å². The third-order valence-electron chi connectivity index (χ3n) is 4.61. The van der Waals surface area contributed by atoms with E-state index in [9.17, 15) is 9.59 Å². The molecule has 0 radical (unpaired) electrons. The Morgan fingerprint density at radius 2 is 2.15 bits per heavy atom. The van der Waals surface area contributed by atoms with E-state index in [4.69, 9.17) is 4.74 Å². The first-order valence-corrected chi connectivity index (χ1v) is 8.98. The Morgan fingerprint density at radius 1 is 1.37 bits per heavy atom. The molecule has 1 amide bonds. The second-order valence-electron chi connectivity index (χ2n) is 7.46. The number of H-pyrrole nitrogens is 1. The van der Waals surface area contributed by atoms with Crippen LogP contribution in [0.3, 0.4) is 0 Å². The molecule has 7 heteroatoms. The van der Waals surface area contributed by atoms with Crippen LogP contribution in [0.2, 0.25) is 0 Å². The van der Waals surface area contributed by atoms with E-state index in [0.29, 0.717) is 24.3 Å². The van der Waals surface area contributed by atoms with Crippen molar-refractivity contribution in [3.05, 3.63) is 52.6 Å². The van der Waals surface area contributed by atoms with Crippen LogP contribution in [0, 0.1) is 12.3 Å². The van der Waals surface area contributed by atoms with E-state index >= 15 is 0 Å². The second-order valence-corrected chi connectivity index (χ2v) is 7.46. The Balaban J connectivity index is 1.95. The van der Waals surface area contributed by atoms with Crippen molar-refractivity contribution < 1.29 is 14.3 Å². The van der Waals surface area contributed by atoms with Crippen molar-refractivity contribution in [3.8, 4) is 0 Å². The van der Waals surface area contributed by atoms with Crippen molar-refractivity contribution in [1.29, 1.82) is 0 Å². The SMILES string of the molecule is CCOC(=O)c1[nH]c2c(c1C)C(=NNC(=O)c1cccnc1)CC(C)(C)C2. The lowest BCUT2D eigenvalue weighted by atomic mass is 9.75. The van der Waals surface area contributed by atoms with Crippen LogP contribution in [-0.4, -0.2) is 34.2 Å². The number of amides is 1. The molecular weight excluding hydrogens is 344 g/mol. The molecule has 3 rings (SSSR count). The number of hydrogen-bond donors (Lipinski definition) is 2. The third-order valence-corrected chi connectivity index (χ3v) is 4.61. The van der Waals surface area contributed by atoms with Gasteiger partial charge in [-0.05, 0) is 49.8 Å². The van der Waals surface area contributed by atoms with Gasteiger partial charge in [0.05, 0.1) is 17.9 Å². The fourth-order valence-electron chi connectivity index (χ4n) is 3.45. The average Bonchev–Trinajstić information content (AvgIpc) is 2.95. The molecule has 0 aliphatic heterocycles. The topological polar surface area (TPSA) is 96.4 Å². The minimum atomic E-state index is -0.374. The lowest BCUT2D eigenvalue weighted by Gasteiger charge is -2.30. The Hall–Kier alpha value is -2.96. The molecule has 0 saturated heterocycles. The average molecular weight is 368 g/mol. The number of hydrogen-bond acceptors (Lipinski definition) is 5. The summed E-state index contributed by atoms with van der Waals surface area (Å²) in [5, 5.41) is 4.39. The molecule has 142 valence electrons. The van der Waals surface area contributed by atoms with Crippen LogP contribution in [0.5, 0.6) is 0 Å². The molecule has 2 aromatic rings. The smallest absolute Gasteiger partial charge is 0.355 e. The molecule has 27 heavy (non-hydrogen) atoms. The number of aromatic amines is 1. The molecule has 0 aromatic carbocycles. The van der Waals surface area contributed by atoms with E-state index in [1.165, 1.54) is 6.20 Å². The highest BCUT2D eigenvalue weighted by Gasteiger charge is 2.34. The van der Waals surface area contributed by atoms with Crippen molar-refractivity contribution in [2.24, 2.45) is 10.5 Å². The van der Waals surface area contributed by atoms with E-state index in [1.54, 1.807) is 25.3 Å². The molecule has 1 aliphatic carbocycles. The number of hydrazone groups is 1. The van der Waals surface area contributed by atoms with Crippen molar-refractivity contribution in [3.63, 3.8) is 0 Å². The van der Waals surface area contributed by atoms with Crippen molar-refractivity contribution in [1.82, 2.24) is 15.4 Å². The summed E-state index contributed by atoms with van der Waals surface area (Å²) in [6.07, 6.45) is 4.58. The summed E-state index contributed by atoms with van der Waals surface area (Å²) in [6, 6.07) is 3.38. The number of fused-ring (bicyclic) bond motifs is 1. The van der Waals surface area contributed by atoms with Crippen LogP contribution >= 0.6 is 0 Å². The lowest BCUT2D eigenvalue weighted by Crippen LogP contribution is -2.30. The number of pyridine rings is 1. The zero-order valence-electron chi connectivity index (χ0n) is 16.0. The Labute approximate surface area is 158 Å². The van der Waals surface area contributed by atoms with E-state index < -0.39 is 0 Å². The highest BCUT2D eigenvalue weighted by Crippen LogP contribution is 2.37. The van der Waals surface area contributed by atoms with Gasteiger partial charge in [0.25, 0.3) is 5.91 Å². The molecule has 2 heterocycles. The Morgan fingerprint density at radius 3 is 2.81 bits per heavy atom. The fourth-order valence-corrected chi connectivity index (χ4v) is 3.45. The number of aromatic nitrogens is 2. The summed E-state index contributed by atoms with van der Waals surface area (Å²) in [5.41, 5.74) is 6.85. The Kier molecular flexibility index (Phi) is 5.12. The maximum Gasteiger partial charge on any atom is 0.355 e. The van der Waals surface area contributed by atoms with Gasteiger partial charge in [0.2, 0.25) is 0 Å². The summed E-state index contributed by atoms with van der Waals surface area (Å²) in [4.78, 5) is 31.7. The lowest BCUT2D eigenvalue weighted by molar-refractivity contribution is 0.0519. The molecule has 1 aliphatic rings. The summed E-state index contributed by atoms with van der Waals surface area (Å²) >= 11 is 0. The molecule has 0 bridgehead atoms. The van der Waals surface area contributed by atoms with Crippen LogP contribution in [0.15, 0.2) is 29.6 Å². The van der Waals surface area contributed by atoms with Crippen LogP contribution in [0.1, 0.15) is 64.9 Å². The molecular formula is C20H24N4O3. The van der Waals surface area contributed by atoms with Crippen LogP contribution < -0.4 is 5.43 Å². The predicted molar refractivity (Wildman–Crippen MR) is 102 cm³/mol. The Bertz CT molecular complexity index is 897. The molecule has 0 unspecified atom stereocenters. The first-order chi connectivity index (χ1) is 12.8. The fraction of sp³-hybridized carbons (Fsp3) is 0.400. The third kappa shape index (κ3) is 3.92. The first kappa shape index (κ1) is 18.8. The maximum absolute atomic E-state index is 12.3. The molecule has 0 fully saturated rings. The van der Waals surface area contributed by atoms with Gasteiger partial charge in [-0.25, -0.2) is 10.2 Å². The van der Waals surface area contributed by atoms with Gasteiger partial charge in [-0.1, -0.05) is 13.8 Å². The predicted octanol–water partition coefficient (Wildman–Crippen LogP) is 3.00. The van der Waals surface area contributed by atoms with Crippen LogP contribution in [0.4, 0.5) is 0 Å². The molecule has 0 saturated carbocycles. The monoisotopic (exact) mass is 368 g/mol. The summed E-state index contributed by atoms with van der Waals surface area (Å²) in [5.74, 6) is -0.694. The number of carbonyl (C=O) groups excluding carboxylic acids is 2. The number of carbonyl (C=O) groups is 2. The zero-order chi connectivity index (χ0) is 19.6. The number of rotatable bonds is 4. The van der Waals surface area contributed by atoms with Crippen LogP contribution in [-0.2, 0) is 11.2 Å². The number of esters is 1. The highest BCUT2D eigenvalue weighted by molar-refractivity contribution is 6.07. The summed E-state index contributed by atoms with van der Waals surface area (Å²) in [6.45, 7) is 8.23. The minimum Gasteiger partial charge on any atom is -0.461 e. The second kappa shape index (κ2) is 7.34. The van der Waals surface area contributed by atoms with Gasteiger partial charge in [-0.3, -0.25) is 9.78 Å². The summed E-state index contributed by atoms with van der Waals surface area (Å²) in [7, 11) is 0. The van der Waals surface area contributed by atoms with E-state index in [1.807, 2.05) is 6.92 Å². The quantitative estimate of drug-likeness (QED) is 0.640. The van der Waals surface area contributed by atoms with Gasteiger partial charge in [0.15, 0.2) is 0 Å². The van der Waals surface area contributed by atoms with E-state index in [-0.39, 0.29) is 17.3 Å².